The lowest BCUT2D eigenvalue weighted by Gasteiger charge is -2.36. The van der Waals surface area contributed by atoms with E-state index in [1.807, 2.05) is 24.3 Å². The molecule has 0 radical (unpaired) electrons. The quantitative estimate of drug-likeness (QED) is 0.340. The number of carbonyl (C=O) groups is 2. The fraction of sp³-hybridized carbons (Fsp3) is 0.172. The average Bonchev–Trinajstić information content (AvgIpc) is 3.47. The second-order valence-corrected chi connectivity index (χ2v) is 8.59. The maximum Gasteiger partial charge on any atom is 0.290 e. The third-order valence-corrected chi connectivity index (χ3v) is 6.53. The molecule has 0 fully saturated rings. The number of benzene rings is 3. The van der Waals surface area contributed by atoms with Crippen LogP contribution in [0.5, 0.6) is 17.2 Å². The molecule has 0 aliphatic carbocycles. The number of ether oxygens (including phenoxy) is 3. The van der Waals surface area contributed by atoms with E-state index in [9.17, 15) is 14.7 Å². The van der Waals surface area contributed by atoms with Gasteiger partial charge in [-0.25, -0.2) is 0 Å². The smallest absolute Gasteiger partial charge is 0.290 e. The number of ketones is 1. The van der Waals surface area contributed by atoms with Crippen molar-refractivity contribution in [1.82, 2.24) is 4.90 Å². The summed E-state index contributed by atoms with van der Waals surface area (Å²) in [6, 6.07) is 21.0. The second-order valence-electron chi connectivity index (χ2n) is 8.59. The Labute approximate surface area is 213 Å². The van der Waals surface area contributed by atoms with Gasteiger partial charge in [-0.15, -0.1) is 0 Å². The lowest BCUT2D eigenvalue weighted by atomic mass is 9.83. The Bertz CT molecular complexity index is 1500. The van der Waals surface area contributed by atoms with Crippen molar-refractivity contribution in [2.45, 2.75) is 12.1 Å². The number of Topliss-reactive ketones (excluding diaryl/α,β-unsaturated/α-hetero) is 1. The minimum atomic E-state index is -1.72. The van der Waals surface area contributed by atoms with Gasteiger partial charge in [0.1, 0.15) is 11.3 Å². The van der Waals surface area contributed by atoms with Crippen molar-refractivity contribution in [2.75, 3.05) is 21.3 Å². The van der Waals surface area contributed by atoms with E-state index in [4.69, 9.17) is 18.6 Å². The Morgan fingerprint density at radius 3 is 2.43 bits per heavy atom. The summed E-state index contributed by atoms with van der Waals surface area (Å²) in [7, 11) is 4.54. The molecule has 3 aromatic carbocycles. The van der Waals surface area contributed by atoms with E-state index < -0.39 is 23.0 Å². The van der Waals surface area contributed by atoms with Gasteiger partial charge in [0.25, 0.3) is 5.91 Å². The van der Waals surface area contributed by atoms with Crippen molar-refractivity contribution in [3.8, 4) is 17.2 Å². The molecule has 4 aromatic rings. The van der Waals surface area contributed by atoms with Gasteiger partial charge in [-0.1, -0.05) is 36.4 Å². The molecule has 0 saturated carbocycles. The first kappa shape index (κ1) is 24.0. The first-order valence-electron chi connectivity index (χ1n) is 11.5. The largest absolute Gasteiger partial charge is 0.503 e. The maximum atomic E-state index is 14.4. The maximum absolute atomic E-state index is 14.4. The van der Waals surface area contributed by atoms with Crippen molar-refractivity contribution in [1.29, 1.82) is 0 Å². The molecule has 2 heterocycles. The molecule has 8 nitrogen and oxygen atoms in total. The van der Waals surface area contributed by atoms with E-state index in [-0.39, 0.29) is 12.3 Å². The van der Waals surface area contributed by atoms with Crippen LogP contribution in [0.1, 0.15) is 21.7 Å². The Balaban J connectivity index is 1.72. The summed E-state index contributed by atoms with van der Waals surface area (Å²) < 4.78 is 22.1. The molecule has 188 valence electrons. The lowest BCUT2D eigenvalue weighted by Crippen LogP contribution is -2.49. The van der Waals surface area contributed by atoms with E-state index in [0.717, 1.165) is 5.39 Å². The third kappa shape index (κ3) is 3.96. The van der Waals surface area contributed by atoms with Gasteiger partial charge in [0.2, 0.25) is 5.78 Å². The van der Waals surface area contributed by atoms with Gasteiger partial charge in [-0.3, -0.25) is 9.59 Å². The van der Waals surface area contributed by atoms with E-state index in [0.29, 0.717) is 34.0 Å². The Hall–Kier alpha value is -4.72. The number of nitrogens with zero attached hydrogens (tertiary/aromatic N) is 1. The van der Waals surface area contributed by atoms with Crippen molar-refractivity contribution in [3.63, 3.8) is 0 Å². The van der Waals surface area contributed by atoms with Crippen LogP contribution in [-0.4, -0.2) is 43.0 Å². The number of rotatable bonds is 8. The predicted octanol–water partition coefficient (Wildman–Crippen LogP) is 5.02. The van der Waals surface area contributed by atoms with Crippen LogP contribution < -0.4 is 14.2 Å². The van der Waals surface area contributed by atoms with E-state index in [1.54, 1.807) is 55.6 Å². The van der Waals surface area contributed by atoms with Crippen molar-refractivity contribution >= 4 is 22.7 Å². The summed E-state index contributed by atoms with van der Waals surface area (Å²) in [4.78, 5) is 29.1. The number of carbonyl (C=O) groups excluding carboxylic acids is 2. The molecule has 0 spiro atoms. The van der Waals surface area contributed by atoms with Crippen LogP contribution in [0.15, 0.2) is 89.0 Å². The van der Waals surface area contributed by atoms with Crippen LogP contribution in [0.3, 0.4) is 0 Å². The zero-order valence-electron chi connectivity index (χ0n) is 20.6. The first-order chi connectivity index (χ1) is 17.9. The SMILES string of the molecule is COc1cccc(CN2C(=O)C(O)=CC2(C(=O)c2cc3ccccc3o2)c2ccc(OC)c(OC)c2)c1. The molecule has 5 rings (SSSR count). The standard InChI is InChI=1S/C29H25NO7/c1-34-21-9-6-7-18(13-21)17-30-28(33)22(31)16-29(30,20-11-12-24(35-2)25(15-20)36-3)27(32)26-14-19-8-4-5-10-23(19)37-26/h4-16,31H,17H2,1-3H3. The molecule has 0 saturated heterocycles. The van der Waals surface area contributed by atoms with Gasteiger partial charge < -0.3 is 28.6 Å². The third-order valence-electron chi connectivity index (χ3n) is 6.53. The zero-order valence-corrected chi connectivity index (χ0v) is 20.6. The molecule has 37 heavy (non-hydrogen) atoms. The molecule has 1 unspecified atom stereocenters. The highest BCUT2D eigenvalue weighted by Crippen LogP contribution is 2.44. The predicted molar refractivity (Wildman–Crippen MR) is 136 cm³/mol. The molecule has 1 N–H and O–H groups in total. The monoisotopic (exact) mass is 499 g/mol. The highest BCUT2D eigenvalue weighted by atomic mass is 16.5. The fourth-order valence-corrected chi connectivity index (χ4v) is 4.70. The van der Waals surface area contributed by atoms with Crippen LogP contribution in [0, 0.1) is 0 Å². The Morgan fingerprint density at radius 2 is 1.70 bits per heavy atom. The summed E-state index contributed by atoms with van der Waals surface area (Å²) in [5.74, 6) is -0.285. The molecule has 8 heteroatoms. The average molecular weight is 500 g/mol. The van der Waals surface area contributed by atoms with Crippen LogP contribution in [0.4, 0.5) is 0 Å². The molecule has 1 amide bonds. The van der Waals surface area contributed by atoms with Gasteiger partial charge >= 0.3 is 0 Å². The van der Waals surface area contributed by atoms with Gasteiger partial charge in [0.05, 0.1) is 21.3 Å². The summed E-state index contributed by atoms with van der Waals surface area (Å²) in [5, 5.41) is 11.5. The van der Waals surface area contributed by atoms with Gasteiger partial charge in [0, 0.05) is 18.0 Å². The van der Waals surface area contributed by atoms with Crippen LogP contribution in [0.25, 0.3) is 11.0 Å². The van der Waals surface area contributed by atoms with Gasteiger partial charge in [0.15, 0.2) is 28.6 Å². The normalized spacial score (nSPS) is 17.1. The summed E-state index contributed by atoms with van der Waals surface area (Å²) in [5.41, 5.74) is -0.0864. The van der Waals surface area contributed by atoms with Gasteiger partial charge in [-0.2, -0.15) is 0 Å². The molecule has 1 aliphatic rings. The van der Waals surface area contributed by atoms with Crippen LogP contribution >= 0.6 is 0 Å². The van der Waals surface area contributed by atoms with Gasteiger partial charge in [-0.05, 0) is 47.5 Å². The molecular weight excluding hydrogens is 474 g/mol. The Kier molecular flexibility index (Phi) is 6.09. The number of methoxy groups -OCH3 is 3. The number of furan rings is 1. The zero-order chi connectivity index (χ0) is 26.2. The van der Waals surface area contributed by atoms with E-state index in [1.165, 1.54) is 25.2 Å². The molecular formula is C29H25NO7. The number of fused-ring (bicyclic) bond motifs is 1. The van der Waals surface area contributed by atoms with Crippen molar-refractivity contribution in [2.24, 2.45) is 0 Å². The highest BCUT2D eigenvalue weighted by molar-refractivity contribution is 6.11. The van der Waals surface area contributed by atoms with Crippen molar-refractivity contribution in [3.05, 3.63) is 102 Å². The number of aliphatic hydroxyl groups excluding tert-OH is 1. The molecule has 0 bridgehead atoms. The lowest BCUT2D eigenvalue weighted by molar-refractivity contribution is -0.131. The van der Waals surface area contributed by atoms with E-state index in [2.05, 4.69) is 0 Å². The van der Waals surface area contributed by atoms with Crippen LogP contribution in [-0.2, 0) is 16.9 Å². The minimum Gasteiger partial charge on any atom is -0.503 e. The number of amides is 1. The summed E-state index contributed by atoms with van der Waals surface area (Å²) in [6.07, 6.45) is 1.27. The fourth-order valence-electron chi connectivity index (χ4n) is 4.70. The minimum absolute atomic E-state index is 0.0108. The summed E-state index contributed by atoms with van der Waals surface area (Å²) in [6.45, 7) is 0.0108. The summed E-state index contributed by atoms with van der Waals surface area (Å²) >= 11 is 0. The first-order valence-corrected chi connectivity index (χ1v) is 11.5. The van der Waals surface area contributed by atoms with E-state index >= 15 is 0 Å². The number of aliphatic hydroxyl groups is 1. The second kappa shape index (κ2) is 9.39. The Morgan fingerprint density at radius 1 is 0.919 bits per heavy atom. The van der Waals surface area contributed by atoms with Crippen molar-refractivity contribution < 1.29 is 33.3 Å². The molecule has 1 aliphatic heterocycles. The molecule has 1 atom stereocenters. The number of para-hydroxylation sites is 1. The number of hydrogen-bond donors (Lipinski definition) is 1. The number of hydrogen-bond acceptors (Lipinski definition) is 7. The molecule has 1 aromatic heterocycles. The topological polar surface area (TPSA) is 98.4 Å². The highest BCUT2D eigenvalue weighted by Gasteiger charge is 2.53. The van der Waals surface area contributed by atoms with Crippen LogP contribution in [0.2, 0.25) is 0 Å².